The third-order valence-corrected chi connectivity index (χ3v) is 6.73. The van der Waals surface area contributed by atoms with Crippen molar-refractivity contribution in [3.05, 3.63) is 52.2 Å². The van der Waals surface area contributed by atoms with Crippen LogP contribution in [0.4, 0.5) is 0 Å². The minimum Gasteiger partial charge on any atom is -0.210 e. The van der Waals surface area contributed by atoms with Crippen LogP contribution in [0, 0.1) is 6.92 Å². The van der Waals surface area contributed by atoms with Gasteiger partial charge in [-0.1, -0.05) is 30.5 Å². The van der Waals surface area contributed by atoms with Crippen molar-refractivity contribution in [2.24, 2.45) is 0 Å². The van der Waals surface area contributed by atoms with E-state index >= 15 is 0 Å². The molecule has 0 unspecified atom stereocenters. The summed E-state index contributed by atoms with van der Waals surface area (Å²) in [6.45, 7) is 2.44. The fraction of sp³-hybridized carbons (Fsp3) is 0.412. The van der Waals surface area contributed by atoms with E-state index in [1.807, 2.05) is 19.1 Å². The van der Waals surface area contributed by atoms with Crippen LogP contribution in [0.15, 0.2) is 46.0 Å². The van der Waals surface area contributed by atoms with Crippen LogP contribution in [-0.4, -0.2) is 15.0 Å². The molecular formula is C17H21NO2S2. The van der Waals surface area contributed by atoms with E-state index in [2.05, 4.69) is 21.5 Å². The molecule has 22 heavy (non-hydrogen) atoms. The fourth-order valence-electron chi connectivity index (χ4n) is 3.22. The van der Waals surface area contributed by atoms with Gasteiger partial charge < -0.3 is 0 Å². The van der Waals surface area contributed by atoms with Crippen molar-refractivity contribution in [2.75, 3.05) is 6.54 Å². The lowest BCUT2D eigenvalue weighted by molar-refractivity contribution is 0.433. The Morgan fingerprint density at radius 3 is 2.41 bits per heavy atom. The van der Waals surface area contributed by atoms with E-state index in [-0.39, 0.29) is 5.41 Å². The second-order valence-electron chi connectivity index (χ2n) is 6.14. The van der Waals surface area contributed by atoms with Crippen LogP contribution in [0.1, 0.15) is 36.8 Å². The highest BCUT2D eigenvalue weighted by Gasteiger charge is 2.37. The molecular weight excluding hydrogens is 314 g/mol. The number of aryl methyl sites for hydroxylation is 1. The van der Waals surface area contributed by atoms with Gasteiger partial charge in [0.25, 0.3) is 0 Å². The van der Waals surface area contributed by atoms with Crippen molar-refractivity contribution >= 4 is 21.4 Å². The zero-order chi connectivity index (χ0) is 15.6. The molecule has 0 bridgehead atoms. The van der Waals surface area contributed by atoms with Gasteiger partial charge >= 0.3 is 0 Å². The van der Waals surface area contributed by atoms with Crippen molar-refractivity contribution in [1.82, 2.24) is 4.72 Å². The second kappa shape index (κ2) is 6.14. The molecule has 0 saturated heterocycles. The Hall–Kier alpha value is -1.17. The van der Waals surface area contributed by atoms with Crippen LogP contribution in [-0.2, 0) is 15.4 Å². The first-order valence-electron chi connectivity index (χ1n) is 7.61. The van der Waals surface area contributed by atoms with Gasteiger partial charge in [-0.2, -0.15) is 11.3 Å². The van der Waals surface area contributed by atoms with E-state index in [4.69, 9.17) is 0 Å². The standard InChI is InChI=1S/C17H21NO2S2/c1-14-4-6-16(7-5-14)22(19,20)18-13-17(9-2-3-10-17)15-8-11-21-12-15/h4-8,11-12,18H,2-3,9-10,13H2,1H3. The number of thiophene rings is 1. The Morgan fingerprint density at radius 1 is 1.14 bits per heavy atom. The van der Waals surface area contributed by atoms with Crippen molar-refractivity contribution in [3.8, 4) is 0 Å². The van der Waals surface area contributed by atoms with Crippen LogP contribution in [0.5, 0.6) is 0 Å². The molecule has 1 fully saturated rings. The highest BCUT2D eigenvalue weighted by atomic mass is 32.2. The number of rotatable bonds is 5. The van der Waals surface area contributed by atoms with E-state index in [0.717, 1.165) is 18.4 Å². The summed E-state index contributed by atoms with van der Waals surface area (Å²) in [4.78, 5) is 0.344. The van der Waals surface area contributed by atoms with Crippen molar-refractivity contribution < 1.29 is 8.42 Å². The molecule has 0 radical (unpaired) electrons. The number of nitrogens with one attached hydrogen (secondary N) is 1. The summed E-state index contributed by atoms with van der Waals surface area (Å²) in [6, 6.07) is 9.14. The quantitative estimate of drug-likeness (QED) is 0.902. The number of benzene rings is 1. The predicted molar refractivity (Wildman–Crippen MR) is 90.8 cm³/mol. The lowest BCUT2D eigenvalue weighted by Crippen LogP contribution is -2.38. The minimum absolute atomic E-state index is 0.0300. The molecule has 5 heteroatoms. The molecule has 0 atom stereocenters. The van der Waals surface area contributed by atoms with Crippen molar-refractivity contribution in [2.45, 2.75) is 42.9 Å². The maximum atomic E-state index is 12.5. The highest BCUT2D eigenvalue weighted by molar-refractivity contribution is 7.89. The molecule has 2 aromatic rings. The third-order valence-electron chi connectivity index (χ3n) is 4.63. The van der Waals surface area contributed by atoms with Gasteiger partial charge in [0.2, 0.25) is 10.0 Å². The summed E-state index contributed by atoms with van der Waals surface area (Å²) < 4.78 is 27.8. The Balaban J connectivity index is 1.79. The van der Waals surface area contributed by atoms with Crippen LogP contribution in [0.2, 0.25) is 0 Å². The molecule has 1 aromatic heterocycles. The van der Waals surface area contributed by atoms with Gasteiger partial charge in [0, 0.05) is 12.0 Å². The smallest absolute Gasteiger partial charge is 0.210 e. The zero-order valence-corrected chi connectivity index (χ0v) is 14.3. The van der Waals surface area contributed by atoms with E-state index in [9.17, 15) is 8.42 Å². The van der Waals surface area contributed by atoms with E-state index in [1.54, 1.807) is 23.5 Å². The molecule has 1 aliphatic carbocycles. The first-order valence-corrected chi connectivity index (χ1v) is 10.0. The van der Waals surface area contributed by atoms with Gasteiger partial charge in [0.15, 0.2) is 0 Å². The molecule has 1 heterocycles. The van der Waals surface area contributed by atoms with Crippen LogP contribution in [0.25, 0.3) is 0 Å². The van der Waals surface area contributed by atoms with Crippen LogP contribution < -0.4 is 4.72 Å². The summed E-state index contributed by atoms with van der Waals surface area (Å²) in [6.07, 6.45) is 4.45. The van der Waals surface area contributed by atoms with Crippen molar-refractivity contribution in [1.29, 1.82) is 0 Å². The lowest BCUT2D eigenvalue weighted by atomic mass is 9.81. The molecule has 0 spiro atoms. The third kappa shape index (κ3) is 3.12. The molecule has 0 aliphatic heterocycles. The monoisotopic (exact) mass is 335 g/mol. The van der Waals surface area contributed by atoms with Gasteiger partial charge in [-0.05, 0) is 54.3 Å². The Labute approximate surface area is 136 Å². The second-order valence-corrected chi connectivity index (χ2v) is 8.68. The minimum atomic E-state index is -3.44. The Bertz CT molecular complexity index is 713. The molecule has 3 nitrogen and oxygen atoms in total. The van der Waals surface area contributed by atoms with Crippen molar-refractivity contribution in [3.63, 3.8) is 0 Å². The molecule has 3 rings (SSSR count). The van der Waals surface area contributed by atoms with Gasteiger partial charge in [-0.25, -0.2) is 13.1 Å². The number of hydrogen-bond donors (Lipinski definition) is 1. The van der Waals surface area contributed by atoms with Crippen LogP contribution >= 0.6 is 11.3 Å². The molecule has 1 saturated carbocycles. The zero-order valence-electron chi connectivity index (χ0n) is 12.7. The largest absolute Gasteiger partial charge is 0.240 e. The first kappa shape index (κ1) is 15.7. The van der Waals surface area contributed by atoms with E-state index < -0.39 is 10.0 Å². The number of sulfonamides is 1. The van der Waals surface area contributed by atoms with Crippen LogP contribution in [0.3, 0.4) is 0 Å². The average molecular weight is 335 g/mol. The Morgan fingerprint density at radius 2 is 1.82 bits per heavy atom. The molecule has 118 valence electrons. The summed E-state index contributed by atoms with van der Waals surface area (Å²) in [5.41, 5.74) is 2.31. The summed E-state index contributed by atoms with van der Waals surface area (Å²) in [5.74, 6) is 0. The normalized spacial score (nSPS) is 17.7. The summed E-state index contributed by atoms with van der Waals surface area (Å²) >= 11 is 1.68. The molecule has 1 N–H and O–H groups in total. The number of hydrogen-bond acceptors (Lipinski definition) is 3. The van der Waals surface area contributed by atoms with Gasteiger partial charge in [0.05, 0.1) is 4.90 Å². The average Bonchev–Trinajstić information content (AvgIpc) is 3.18. The molecule has 1 aliphatic rings. The summed E-state index contributed by atoms with van der Waals surface area (Å²) in [5, 5.41) is 4.23. The van der Waals surface area contributed by atoms with Gasteiger partial charge in [-0.3, -0.25) is 0 Å². The highest BCUT2D eigenvalue weighted by Crippen LogP contribution is 2.41. The van der Waals surface area contributed by atoms with E-state index in [1.165, 1.54) is 18.4 Å². The first-order chi connectivity index (χ1) is 10.5. The lowest BCUT2D eigenvalue weighted by Gasteiger charge is -2.28. The maximum absolute atomic E-state index is 12.5. The topological polar surface area (TPSA) is 46.2 Å². The Kier molecular flexibility index (Phi) is 4.39. The molecule has 0 amide bonds. The summed E-state index contributed by atoms with van der Waals surface area (Å²) in [7, 11) is -3.44. The maximum Gasteiger partial charge on any atom is 0.240 e. The van der Waals surface area contributed by atoms with Gasteiger partial charge in [0.1, 0.15) is 0 Å². The predicted octanol–water partition coefficient (Wildman–Crippen LogP) is 3.85. The van der Waals surface area contributed by atoms with E-state index in [0.29, 0.717) is 11.4 Å². The molecule has 1 aromatic carbocycles. The van der Waals surface area contributed by atoms with Gasteiger partial charge in [-0.15, -0.1) is 0 Å². The SMILES string of the molecule is Cc1ccc(S(=O)(=O)NCC2(c3ccsc3)CCCC2)cc1. The fourth-order valence-corrected chi connectivity index (χ4v) is 5.13.